The third kappa shape index (κ3) is 5.84. The molecule has 1 fully saturated rings. The minimum Gasteiger partial charge on any atom is -0.494 e. The van der Waals surface area contributed by atoms with Gasteiger partial charge in [-0.3, -0.25) is 4.99 Å². The Kier molecular flexibility index (Phi) is 7.30. The maximum Gasteiger partial charge on any atom is 0.191 e. The van der Waals surface area contributed by atoms with Crippen LogP contribution in [0.5, 0.6) is 11.5 Å². The standard InChI is InChI=1S/C22H28FN3O3/c1-15-4-6-17(21(10-15)29-18-8-9-28-14-18)13-26-22(24-2)25-12-16-5-7-20(27-3)19(23)11-16/h4-7,10-11,18H,8-9,12-14H2,1-3H3,(H2,24,25,26). The van der Waals surface area contributed by atoms with Crippen LogP contribution in [-0.4, -0.2) is 39.4 Å². The summed E-state index contributed by atoms with van der Waals surface area (Å²) in [7, 11) is 3.15. The Balaban J connectivity index is 1.58. The van der Waals surface area contributed by atoms with Gasteiger partial charge in [0.25, 0.3) is 0 Å². The summed E-state index contributed by atoms with van der Waals surface area (Å²) < 4.78 is 30.3. The zero-order chi connectivity index (χ0) is 20.6. The molecule has 2 aromatic rings. The second-order valence-electron chi connectivity index (χ2n) is 6.96. The van der Waals surface area contributed by atoms with Gasteiger partial charge >= 0.3 is 0 Å². The summed E-state index contributed by atoms with van der Waals surface area (Å²) in [6.07, 6.45) is 1.00. The van der Waals surface area contributed by atoms with Gasteiger partial charge in [-0.15, -0.1) is 0 Å². The summed E-state index contributed by atoms with van der Waals surface area (Å²) in [6.45, 7) is 4.41. The lowest BCUT2D eigenvalue weighted by Gasteiger charge is -2.18. The first-order valence-electron chi connectivity index (χ1n) is 9.70. The van der Waals surface area contributed by atoms with Gasteiger partial charge in [-0.1, -0.05) is 18.2 Å². The van der Waals surface area contributed by atoms with E-state index in [1.807, 2.05) is 19.1 Å². The van der Waals surface area contributed by atoms with Crippen LogP contribution < -0.4 is 20.1 Å². The van der Waals surface area contributed by atoms with Crippen LogP contribution in [0.1, 0.15) is 23.1 Å². The van der Waals surface area contributed by atoms with Crippen LogP contribution in [-0.2, 0) is 17.8 Å². The van der Waals surface area contributed by atoms with E-state index in [9.17, 15) is 4.39 Å². The number of halogens is 1. The first-order valence-corrected chi connectivity index (χ1v) is 9.70. The number of nitrogens with zero attached hydrogens (tertiary/aromatic N) is 1. The van der Waals surface area contributed by atoms with E-state index in [0.717, 1.165) is 35.5 Å². The molecular weight excluding hydrogens is 373 g/mol. The lowest BCUT2D eigenvalue weighted by Crippen LogP contribution is -2.36. The smallest absolute Gasteiger partial charge is 0.191 e. The lowest BCUT2D eigenvalue weighted by molar-refractivity contribution is 0.140. The summed E-state index contributed by atoms with van der Waals surface area (Å²) in [5.41, 5.74) is 2.99. The van der Waals surface area contributed by atoms with Crippen molar-refractivity contribution in [2.45, 2.75) is 32.5 Å². The van der Waals surface area contributed by atoms with Crippen molar-refractivity contribution in [3.05, 3.63) is 58.9 Å². The van der Waals surface area contributed by atoms with Crippen molar-refractivity contribution in [3.8, 4) is 11.5 Å². The maximum atomic E-state index is 13.8. The second kappa shape index (κ2) is 10.1. The van der Waals surface area contributed by atoms with Gasteiger partial charge in [0.05, 0.1) is 20.3 Å². The molecule has 0 aromatic heterocycles. The molecule has 1 unspecified atom stereocenters. The molecule has 1 heterocycles. The molecule has 1 atom stereocenters. The van der Waals surface area contributed by atoms with E-state index in [4.69, 9.17) is 14.2 Å². The fraction of sp³-hybridized carbons (Fsp3) is 0.409. The van der Waals surface area contributed by atoms with Crippen LogP contribution in [0.15, 0.2) is 41.4 Å². The Bertz CT molecular complexity index is 851. The van der Waals surface area contributed by atoms with E-state index in [1.165, 1.54) is 13.2 Å². The van der Waals surface area contributed by atoms with E-state index in [-0.39, 0.29) is 17.7 Å². The topological polar surface area (TPSA) is 64.1 Å². The molecule has 1 saturated heterocycles. The van der Waals surface area contributed by atoms with Gasteiger partial charge in [0.2, 0.25) is 0 Å². The number of benzene rings is 2. The highest BCUT2D eigenvalue weighted by molar-refractivity contribution is 5.79. The summed E-state index contributed by atoms with van der Waals surface area (Å²) in [5.74, 6) is 1.33. The SMILES string of the molecule is CN=C(NCc1ccc(OC)c(F)c1)NCc1ccc(C)cc1OC1CCOC1. The fourth-order valence-corrected chi connectivity index (χ4v) is 3.11. The number of hydrogen-bond acceptors (Lipinski definition) is 4. The van der Waals surface area contributed by atoms with Crippen molar-refractivity contribution in [1.82, 2.24) is 10.6 Å². The number of aryl methyl sites for hydroxylation is 1. The molecule has 0 spiro atoms. The Labute approximate surface area is 171 Å². The molecule has 156 valence electrons. The quantitative estimate of drug-likeness (QED) is 0.551. The lowest BCUT2D eigenvalue weighted by atomic mass is 10.1. The number of methoxy groups -OCH3 is 1. The molecule has 1 aliphatic rings. The number of guanidine groups is 1. The van der Waals surface area contributed by atoms with Gasteiger partial charge in [-0.25, -0.2) is 4.39 Å². The molecule has 0 bridgehead atoms. The van der Waals surface area contributed by atoms with E-state index in [0.29, 0.717) is 25.7 Å². The van der Waals surface area contributed by atoms with Crippen LogP contribution in [0, 0.1) is 12.7 Å². The van der Waals surface area contributed by atoms with Gasteiger partial charge in [-0.05, 0) is 36.2 Å². The normalized spacial score (nSPS) is 16.6. The molecule has 0 saturated carbocycles. The Morgan fingerprint density at radius 3 is 2.69 bits per heavy atom. The highest BCUT2D eigenvalue weighted by Crippen LogP contribution is 2.24. The summed E-state index contributed by atoms with van der Waals surface area (Å²) in [6, 6.07) is 11.0. The van der Waals surface area contributed by atoms with Crippen LogP contribution in [0.2, 0.25) is 0 Å². The number of rotatable bonds is 7. The van der Waals surface area contributed by atoms with Gasteiger partial charge in [0, 0.05) is 32.1 Å². The average Bonchev–Trinajstić information content (AvgIpc) is 3.22. The molecule has 2 aromatic carbocycles. The highest BCUT2D eigenvalue weighted by atomic mass is 19.1. The zero-order valence-corrected chi connectivity index (χ0v) is 17.1. The molecule has 1 aliphatic heterocycles. The van der Waals surface area contributed by atoms with Crippen molar-refractivity contribution < 1.29 is 18.6 Å². The van der Waals surface area contributed by atoms with E-state index >= 15 is 0 Å². The van der Waals surface area contributed by atoms with Crippen molar-refractivity contribution in [2.24, 2.45) is 4.99 Å². The highest BCUT2D eigenvalue weighted by Gasteiger charge is 2.18. The zero-order valence-electron chi connectivity index (χ0n) is 17.1. The van der Waals surface area contributed by atoms with Crippen LogP contribution >= 0.6 is 0 Å². The monoisotopic (exact) mass is 401 g/mol. The van der Waals surface area contributed by atoms with Crippen LogP contribution in [0.25, 0.3) is 0 Å². The number of hydrogen-bond donors (Lipinski definition) is 2. The van der Waals surface area contributed by atoms with E-state index in [1.54, 1.807) is 13.1 Å². The van der Waals surface area contributed by atoms with Crippen LogP contribution in [0.4, 0.5) is 4.39 Å². The minimum atomic E-state index is -0.382. The first-order chi connectivity index (χ1) is 14.1. The molecule has 3 rings (SSSR count). The Morgan fingerprint density at radius 2 is 2.00 bits per heavy atom. The van der Waals surface area contributed by atoms with E-state index in [2.05, 4.69) is 27.8 Å². The summed E-state index contributed by atoms with van der Waals surface area (Å²) in [4.78, 5) is 4.24. The molecule has 2 N–H and O–H groups in total. The maximum absolute atomic E-state index is 13.8. The average molecular weight is 401 g/mol. The van der Waals surface area contributed by atoms with Gasteiger partial charge in [0.15, 0.2) is 17.5 Å². The van der Waals surface area contributed by atoms with Gasteiger partial charge < -0.3 is 24.8 Å². The van der Waals surface area contributed by atoms with Crippen molar-refractivity contribution in [1.29, 1.82) is 0 Å². The Morgan fingerprint density at radius 1 is 1.17 bits per heavy atom. The predicted octanol–water partition coefficient (Wildman–Crippen LogP) is 3.18. The first kappa shape index (κ1) is 20.9. The van der Waals surface area contributed by atoms with Gasteiger partial charge in [-0.2, -0.15) is 0 Å². The fourth-order valence-electron chi connectivity index (χ4n) is 3.11. The molecule has 7 heteroatoms. The van der Waals surface area contributed by atoms with Crippen LogP contribution in [0.3, 0.4) is 0 Å². The number of ether oxygens (including phenoxy) is 3. The Hall–Kier alpha value is -2.80. The predicted molar refractivity (Wildman–Crippen MR) is 111 cm³/mol. The molecule has 29 heavy (non-hydrogen) atoms. The third-order valence-electron chi connectivity index (χ3n) is 4.75. The molecule has 6 nitrogen and oxygen atoms in total. The molecule has 0 radical (unpaired) electrons. The van der Waals surface area contributed by atoms with Crippen molar-refractivity contribution in [2.75, 3.05) is 27.4 Å². The largest absolute Gasteiger partial charge is 0.494 e. The minimum absolute atomic E-state index is 0.0953. The van der Waals surface area contributed by atoms with E-state index < -0.39 is 0 Å². The summed E-state index contributed by atoms with van der Waals surface area (Å²) in [5, 5.41) is 6.48. The second-order valence-corrected chi connectivity index (χ2v) is 6.96. The van der Waals surface area contributed by atoms with Crippen molar-refractivity contribution >= 4 is 5.96 Å². The number of aliphatic imine (C=N–C) groups is 1. The third-order valence-corrected chi connectivity index (χ3v) is 4.75. The molecular formula is C22H28FN3O3. The number of nitrogens with one attached hydrogen (secondary N) is 2. The van der Waals surface area contributed by atoms with Gasteiger partial charge in [0.1, 0.15) is 11.9 Å². The molecule has 0 aliphatic carbocycles. The summed E-state index contributed by atoms with van der Waals surface area (Å²) >= 11 is 0. The molecule has 0 amide bonds. The van der Waals surface area contributed by atoms with Crippen molar-refractivity contribution in [3.63, 3.8) is 0 Å².